The first-order valence-corrected chi connectivity index (χ1v) is 24.8. The number of rotatable bonds is 7. The predicted molar refractivity (Wildman–Crippen MR) is 296 cm³/mol. The smallest absolute Gasteiger partial charge is 0.313 e. The van der Waals surface area contributed by atoms with Crippen LogP contribution < -0.4 is 21.2 Å². The lowest BCUT2D eigenvalue weighted by Crippen LogP contribution is -2.38. The highest BCUT2D eigenvalue weighted by Crippen LogP contribution is 2.34. The van der Waals surface area contributed by atoms with Gasteiger partial charge in [-0.15, -0.1) is 0 Å². The van der Waals surface area contributed by atoms with Crippen LogP contribution in [0.15, 0.2) is 177 Å². The van der Waals surface area contributed by atoms with E-state index < -0.39 is 12.1 Å². The number of hydrogen-bond donors (Lipinski definition) is 2. The number of hydrogen-bond acceptors (Lipinski definition) is 6. The van der Waals surface area contributed by atoms with Gasteiger partial charge in [0, 0.05) is 72.8 Å². The monoisotopic (exact) mass is 1000 g/mol. The van der Waals surface area contributed by atoms with Crippen LogP contribution in [0.1, 0.15) is 40.3 Å². The molecule has 0 saturated carbocycles. The molecule has 0 fully saturated rings. The second-order valence-electron chi connectivity index (χ2n) is 18.5. The van der Waals surface area contributed by atoms with Gasteiger partial charge in [0.25, 0.3) is 11.8 Å². The summed E-state index contributed by atoms with van der Waals surface area (Å²) in [6.07, 6.45) is 0.931. The molecule has 8 aromatic carbocycles. The molecule has 2 aliphatic heterocycles. The number of aliphatic imine (C=N–C) groups is 2. The van der Waals surface area contributed by atoms with E-state index in [4.69, 9.17) is 33.2 Å². The van der Waals surface area contributed by atoms with Gasteiger partial charge in [0.05, 0.1) is 44.9 Å². The Morgan fingerprint density at radius 1 is 0.493 bits per heavy atom. The van der Waals surface area contributed by atoms with Crippen molar-refractivity contribution in [3.63, 3.8) is 0 Å². The number of anilines is 2. The number of halogens is 2. The summed E-state index contributed by atoms with van der Waals surface area (Å²) in [5.41, 5.74) is 10.8. The fraction of sp³-hybridized carbons (Fsp3) is 0.153. The fourth-order valence-corrected chi connectivity index (χ4v) is 10.4. The van der Waals surface area contributed by atoms with Crippen molar-refractivity contribution in [2.45, 2.75) is 31.8 Å². The fourth-order valence-electron chi connectivity index (χ4n) is 10.1. The van der Waals surface area contributed by atoms with Crippen molar-refractivity contribution in [2.75, 3.05) is 23.4 Å². The number of aromatic amines is 2. The third-order valence-electron chi connectivity index (χ3n) is 14.0. The molecule has 14 heteroatoms. The maximum Gasteiger partial charge on any atom is 0.326 e. The standard InChI is InChI=1S/C30H25ClN4O2.C29H23ClN4O2/c1-3-35-26-13-11-22(31)17-23(26)28(21-10-12-24-27(16-21)34(2)30(37)33-24)32-25(29(35)36)15-18-8-9-19-6-4-5-7-20(19)14-18;1-33-25-12-10-21(30)16-22(25)27(20-9-11-23-26(15-20)34(2)29(36)32-23)31-24(28(33)35)14-17-7-8-18-5-3-4-6-19(18)13-17/h4-14,16-17,25H,3,15H2,1-2H3,(H,33,37);3-13,15-16,24H,14H2,1-2H3,(H,32,36). The summed E-state index contributed by atoms with van der Waals surface area (Å²) >= 11 is 12.8. The third kappa shape index (κ3) is 8.83. The molecule has 10 aromatic rings. The minimum Gasteiger partial charge on any atom is -0.313 e. The molecule has 0 bridgehead atoms. The summed E-state index contributed by atoms with van der Waals surface area (Å²) in [6.45, 7) is 2.48. The number of carbonyl (C=O) groups is 2. The van der Waals surface area contributed by atoms with E-state index in [1.165, 1.54) is 0 Å². The molecule has 12 rings (SSSR count). The molecule has 2 atom stereocenters. The van der Waals surface area contributed by atoms with Crippen molar-refractivity contribution in [1.82, 2.24) is 19.1 Å². The Bertz CT molecular complexity index is 4070. The lowest BCUT2D eigenvalue weighted by Gasteiger charge is -2.24. The number of amides is 2. The normalized spacial score (nSPS) is 15.7. The van der Waals surface area contributed by atoms with Crippen molar-refractivity contribution >= 4 is 101 Å². The summed E-state index contributed by atoms with van der Waals surface area (Å²) in [5.74, 6) is -0.138. The van der Waals surface area contributed by atoms with Gasteiger partial charge in [0.15, 0.2) is 0 Å². The van der Waals surface area contributed by atoms with Gasteiger partial charge in [-0.1, -0.05) is 120 Å². The Kier molecular flexibility index (Phi) is 12.3. The van der Waals surface area contributed by atoms with Gasteiger partial charge in [0.2, 0.25) is 0 Å². The van der Waals surface area contributed by atoms with E-state index in [1.807, 2.05) is 91.9 Å². The molecule has 362 valence electrons. The maximum absolute atomic E-state index is 13.9. The number of H-pyrrole nitrogens is 2. The largest absolute Gasteiger partial charge is 0.326 e. The minimum atomic E-state index is -0.622. The molecule has 0 aliphatic carbocycles. The van der Waals surface area contributed by atoms with Crippen molar-refractivity contribution in [2.24, 2.45) is 24.1 Å². The van der Waals surface area contributed by atoms with Crippen LogP contribution in [0.3, 0.4) is 0 Å². The molecule has 2 amide bonds. The van der Waals surface area contributed by atoms with Crippen molar-refractivity contribution in [3.8, 4) is 0 Å². The first-order chi connectivity index (χ1) is 35.3. The average Bonchev–Trinajstić information content (AvgIpc) is 3.78. The highest BCUT2D eigenvalue weighted by atomic mass is 35.5. The van der Waals surface area contributed by atoms with Gasteiger partial charge >= 0.3 is 11.4 Å². The molecule has 2 N–H and O–H groups in total. The average molecular weight is 1000 g/mol. The van der Waals surface area contributed by atoms with E-state index in [0.29, 0.717) is 40.9 Å². The topological polar surface area (TPSA) is 141 Å². The number of nitrogens with one attached hydrogen (secondary N) is 2. The molecule has 0 radical (unpaired) electrons. The zero-order valence-electron chi connectivity index (χ0n) is 40.4. The van der Waals surface area contributed by atoms with Crippen molar-refractivity contribution in [3.05, 3.63) is 222 Å². The van der Waals surface area contributed by atoms with E-state index in [9.17, 15) is 19.2 Å². The molecule has 0 saturated heterocycles. The Balaban J connectivity index is 0.000000157. The molecule has 2 aliphatic rings. The summed E-state index contributed by atoms with van der Waals surface area (Å²) in [6, 6.07) is 50.2. The maximum atomic E-state index is 13.9. The van der Waals surface area contributed by atoms with Gasteiger partial charge in [0.1, 0.15) is 12.1 Å². The van der Waals surface area contributed by atoms with Gasteiger partial charge in [-0.25, -0.2) is 9.59 Å². The first-order valence-electron chi connectivity index (χ1n) is 24.0. The quantitative estimate of drug-likeness (QED) is 0.164. The van der Waals surface area contributed by atoms with Crippen LogP contribution in [-0.2, 0) is 36.5 Å². The minimum absolute atomic E-state index is 0.0515. The summed E-state index contributed by atoms with van der Waals surface area (Å²) < 4.78 is 3.14. The number of benzodiazepines with no additional fused rings is 2. The van der Waals surface area contributed by atoms with Crippen LogP contribution in [0, 0.1) is 0 Å². The zero-order valence-corrected chi connectivity index (χ0v) is 41.9. The summed E-state index contributed by atoms with van der Waals surface area (Å²) in [7, 11) is 5.24. The number of aryl methyl sites for hydroxylation is 2. The Morgan fingerprint density at radius 2 is 0.945 bits per heavy atom. The number of imidazole rings is 2. The Hall–Kier alpha value is -8.32. The second kappa shape index (κ2) is 19.0. The van der Waals surface area contributed by atoms with Crippen LogP contribution in [0.4, 0.5) is 11.4 Å². The van der Waals surface area contributed by atoms with Crippen molar-refractivity contribution < 1.29 is 9.59 Å². The predicted octanol–water partition coefficient (Wildman–Crippen LogP) is 10.6. The van der Waals surface area contributed by atoms with Crippen LogP contribution in [0.5, 0.6) is 0 Å². The van der Waals surface area contributed by atoms with Gasteiger partial charge < -0.3 is 19.8 Å². The van der Waals surface area contributed by atoms with Crippen LogP contribution in [0.25, 0.3) is 43.6 Å². The zero-order chi connectivity index (χ0) is 50.7. The van der Waals surface area contributed by atoms with E-state index in [-0.39, 0.29) is 23.2 Å². The number of likely N-dealkylation sites (N-methyl/N-ethyl adjacent to an activating group) is 2. The number of carbonyl (C=O) groups excluding carboxylic acids is 2. The number of fused-ring (bicyclic) bond motifs is 6. The summed E-state index contributed by atoms with van der Waals surface area (Å²) in [4.78, 5) is 71.2. The van der Waals surface area contributed by atoms with Crippen LogP contribution in [0.2, 0.25) is 10.0 Å². The third-order valence-corrected chi connectivity index (χ3v) is 14.4. The first kappa shape index (κ1) is 47.0. The van der Waals surface area contributed by atoms with Crippen LogP contribution >= 0.6 is 23.2 Å². The molecule has 73 heavy (non-hydrogen) atoms. The molecule has 0 spiro atoms. The van der Waals surface area contributed by atoms with Gasteiger partial charge in [-0.3, -0.25) is 28.7 Å². The molecule has 2 aromatic heterocycles. The van der Waals surface area contributed by atoms with E-state index >= 15 is 0 Å². The SMILES string of the molecule is CCN1C(=O)C(Cc2ccc3ccccc3c2)N=C(c2ccc3[nH]c(=O)n(C)c3c2)c2cc(Cl)ccc21.CN1C(=O)C(Cc2ccc3ccccc3c2)N=C(c2ccc3[nH]c(=O)n(C)c3c2)c2cc(Cl)ccc21. The lowest BCUT2D eigenvalue weighted by molar-refractivity contribution is -0.120. The van der Waals surface area contributed by atoms with E-state index in [0.717, 1.165) is 88.4 Å². The number of aromatic nitrogens is 4. The van der Waals surface area contributed by atoms with Crippen LogP contribution in [-0.4, -0.2) is 68.0 Å². The van der Waals surface area contributed by atoms with E-state index in [2.05, 4.69) is 70.6 Å². The molecular formula is C59H48Cl2N8O4. The lowest BCUT2D eigenvalue weighted by atomic mass is 9.99. The van der Waals surface area contributed by atoms with Gasteiger partial charge in [-0.2, -0.15) is 0 Å². The molecule has 12 nitrogen and oxygen atoms in total. The number of benzene rings is 8. The Labute approximate surface area is 429 Å². The van der Waals surface area contributed by atoms with Gasteiger partial charge in [-0.05, 0) is 100 Å². The Morgan fingerprint density at radius 3 is 1.44 bits per heavy atom. The van der Waals surface area contributed by atoms with Crippen molar-refractivity contribution in [1.29, 1.82) is 0 Å². The second-order valence-corrected chi connectivity index (χ2v) is 19.4. The van der Waals surface area contributed by atoms with E-state index in [1.54, 1.807) is 52.2 Å². The molecule has 4 heterocycles. The molecule has 2 unspecified atom stereocenters. The highest BCUT2D eigenvalue weighted by Gasteiger charge is 2.33. The highest BCUT2D eigenvalue weighted by molar-refractivity contribution is 6.32. The summed E-state index contributed by atoms with van der Waals surface area (Å²) in [5, 5.41) is 5.70. The number of nitrogens with zero attached hydrogens (tertiary/aromatic N) is 6. The molecular weight excluding hydrogens is 956 g/mol.